The van der Waals surface area contributed by atoms with Crippen molar-refractivity contribution in [1.82, 2.24) is 0 Å². The Hall–Kier alpha value is -1.68. The second-order valence-electron chi connectivity index (χ2n) is 11.0. The largest absolute Gasteiger partial charge is 0.457 e. The van der Waals surface area contributed by atoms with Gasteiger partial charge in [-0.15, -0.1) is 0 Å². The predicted octanol–water partition coefficient (Wildman–Crippen LogP) is 4.34. The first kappa shape index (κ1) is 41.3. The summed E-state index contributed by atoms with van der Waals surface area (Å²) >= 11 is 0. The molecule has 12 nitrogen and oxygen atoms in total. The summed E-state index contributed by atoms with van der Waals surface area (Å²) in [6.45, 7) is 3.63. The molecule has 0 amide bonds. The van der Waals surface area contributed by atoms with Gasteiger partial charge in [0.1, 0.15) is 30.5 Å². The number of allylic oxidation sites excluding steroid dienone is 6. The first-order valence-corrected chi connectivity index (χ1v) is 17.6. The van der Waals surface area contributed by atoms with Gasteiger partial charge in [-0.2, -0.15) is 8.42 Å². The number of aliphatic hydroxyl groups is 3. The van der Waals surface area contributed by atoms with Crippen LogP contribution in [0.4, 0.5) is 0 Å². The molecule has 1 aliphatic heterocycles. The van der Waals surface area contributed by atoms with Gasteiger partial charge in [-0.25, -0.2) is 4.18 Å². The molecule has 262 valence electrons. The van der Waals surface area contributed by atoms with Crippen LogP contribution in [0.2, 0.25) is 0 Å². The minimum atomic E-state index is -5.05. The third kappa shape index (κ3) is 20.2. The van der Waals surface area contributed by atoms with E-state index in [0.717, 1.165) is 70.6 Å². The van der Waals surface area contributed by atoms with Gasteiger partial charge in [0.05, 0.1) is 19.8 Å². The Bertz CT molecular complexity index is 952. The molecule has 0 spiro atoms. The van der Waals surface area contributed by atoms with Crippen LogP contribution in [-0.2, 0) is 38.3 Å². The quantitative estimate of drug-likeness (QED) is 0.0446. The van der Waals surface area contributed by atoms with Crippen LogP contribution < -0.4 is 0 Å². The van der Waals surface area contributed by atoms with Crippen LogP contribution in [0.3, 0.4) is 0 Å². The summed E-state index contributed by atoms with van der Waals surface area (Å²) in [6, 6.07) is 0. The Balaban J connectivity index is 2.51. The lowest BCUT2D eigenvalue weighted by molar-refractivity contribution is -0.301. The average Bonchev–Trinajstić information content (AvgIpc) is 3.00. The topological polar surface area (TPSA) is 178 Å². The number of unbranched alkanes of at least 4 members (excludes halogenated alkanes) is 7. The Labute approximate surface area is 269 Å². The second kappa shape index (κ2) is 25.4. The van der Waals surface area contributed by atoms with E-state index in [-0.39, 0.29) is 19.6 Å². The molecule has 4 N–H and O–H groups in total. The van der Waals surface area contributed by atoms with Crippen molar-refractivity contribution in [3.63, 3.8) is 0 Å². The van der Waals surface area contributed by atoms with Crippen molar-refractivity contribution in [3.8, 4) is 0 Å². The van der Waals surface area contributed by atoms with E-state index < -0.39 is 59.8 Å². The highest BCUT2D eigenvalue weighted by Crippen LogP contribution is 2.26. The van der Waals surface area contributed by atoms with Gasteiger partial charge in [0, 0.05) is 13.0 Å². The van der Waals surface area contributed by atoms with Crippen LogP contribution in [-0.4, -0.2) is 97.5 Å². The van der Waals surface area contributed by atoms with E-state index in [4.69, 9.17) is 23.5 Å². The summed E-state index contributed by atoms with van der Waals surface area (Å²) in [6.07, 6.45) is 15.6. The summed E-state index contributed by atoms with van der Waals surface area (Å²) in [7, 11) is -5.05. The molecular formula is C32H56O12S. The normalized spacial score (nSPS) is 23.4. The van der Waals surface area contributed by atoms with Gasteiger partial charge in [0.25, 0.3) is 0 Å². The maximum atomic E-state index is 12.4. The van der Waals surface area contributed by atoms with Crippen molar-refractivity contribution in [3.05, 3.63) is 36.5 Å². The molecule has 1 rings (SSSR count). The third-order valence-electron chi connectivity index (χ3n) is 7.03. The summed E-state index contributed by atoms with van der Waals surface area (Å²) in [5.41, 5.74) is 0. The minimum Gasteiger partial charge on any atom is -0.457 e. The second-order valence-corrected chi connectivity index (χ2v) is 12.1. The maximum Gasteiger partial charge on any atom is 0.397 e. The number of hydrogen-bond donors (Lipinski definition) is 4. The van der Waals surface area contributed by atoms with Crippen LogP contribution in [0, 0.1) is 0 Å². The Morgan fingerprint density at radius 3 is 2.20 bits per heavy atom. The number of ether oxygens (including phenoxy) is 4. The van der Waals surface area contributed by atoms with E-state index in [1.54, 1.807) is 0 Å². The number of hydrogen-bond acceptors (Lipinski definition) is 11. The third-order valence-corrected chi connectivity index (χ3v) is 7.49. The fourth-order valence-electron chi connectivity index (χ4n) is 4.57. The number of carbonyl (C=O) groups excluding carboxylic acids is 1. The number of aliphatic hydroxyl groups excluding tert-OH is 3. The van der Waals surface area contributed by atoms with Crippen LogP contribution in [0.25, 0.3) is 0 Å². The molecule has 1 aliphatic rings. The maximum absolute atomic E-state index is 12.4. The molecule has 0 aromatic carbocycles. The molecule has 0 aromatic heterocycles. The van der Waals surface area contributed by atoms with Crippen molar-refractivity contribution in [2.75, 3.05) is 26.4 Å². The molecule has 45 heavy (non-hydrogen) atoms. The average molecular weight is 665 g/mol. The van der Waals surface area contributed by atoms with Crippen LogP contribution in [0.15, 0.2) is 36.5 Å². The lowest BCUT2D eigenvalue weighted by Crippen LogP contribution is -2.60. The monoisotopic (exact) mass is 664 g/mol. The number of rotatable bonds is 26. The van der Waals surface area contributed by atoms with Gasteiger partial charge >= 0.3 is 16.4 Å². The van der Waals surface area contributed by atoms with Gasteiger partial charge in [0.2, 0.25) is 0 Å². The first-order chi connectivity index (χ1) is 21.6. The summed E-state index contributed by atoms with van der Waals surface area (Å²) in [4.78, 5) is 12.4. The van der Waals surface area contributed by atoms with E-state index in [9.17, 15) is 28.5 Å². The SMILES string of the molecule is CC/C=C\C/C=C\C/C=C\CCCCCCOCC(COC1OC(CO)C(O)C(OS(=O)(=O)O)C1O)OC(=O)CCCCCC. The zero-order chi connectivity index (χ0) is 33.3. The molecule has 0 aromatic rings. The molecule has 0 saturated carbocycles. The predicted molar refractivity (Wildman–Crippen MR) is 170 cm³/mol. The Morgan fingerprint density at radius 1 is 0.867 bits per heavy atom. The van der Waals surface area contributed by atoms with E-state index in [2.05, 4.69) is 54.5 Å². The Morgan fingerprint density at radius 2 is 1.53 bits per heavy atom. The number of carbonyl (C=O) groups is 1. The lowest BCUT2D eigenvalue weighted by atomic mass is 9.99. The van der Waals surface area contributed by atoms with E-state index in [1.165, 1.54) is 0 Å². The highest BCUT2D eigenvalue weighted by atomic mass is 32.3. The van der Waals surface area contributed by atoms with Crippen molar-refractivity contribution in [2.45, 2.75) is 134 Å². The molecular weight excluding hydrogens is 608 g/mol. The molecule has 6 atom stereocenters. The summed E-state index contributed by atoms with van der Waals surface area (Å²) < 4.78 is 58.2. The van der Waals surface area contributed by atoms with Gasteiger partial charge in [0.15, 0.2) is 6.29 Å². The summed E-state index contributed by atoms with van der Waals surface area (Å²) in [5.74, 6) is -0.429. The van der Waals surface area contributed by atoms with E-state index in [1.807, 2.05) is 0 Å². The van der Waals surface area contributed by atoms with Crippen LogP contribution in [0.5, 0.6) is 0 Å². The number of esters is 1. The van der Waals surface area contributed by atoms with Crippen LogP contribution in [0.1, 0.15) is 97.3 Å². The summed E-state index contributed by atoms with van der Waals surface area (Å²) in [5, 5.41) is 30.3. The molecule has 13 heteroatoms. The smallest absolute Gasteiger partial charge is 0.397 e. The molecule has 6 unspecified atom stereocenters. The highest BCUT2D eigenvalue weighted by Gasteiger charge is 2.48. The van der Waals surface area contributed by atoms with Crippen molar-refractivity contribution >= 4 is 16.4 Å². The molecule has 1 saturated heterocycles. The molecule has 0 bridgehead atoms. The fourth-order valence-corrected chi connectivity index (χ4v) is 5.07. The standard InChI is InChI=1S/C32H56O12S/c1-3-5-7-9-10-11-12-13-14-15-16-17-18-20-22-40-24-26(42-28(34)21-19-8-6-4-2)25-41-32-30(36)31(44-45(37,38)39)29(35)27(23-33)43-32/h5,7,10-11,13-14,26-27,29-33,35-36H,3-4,6,8-9,12,15-25H2,1-2H3,(H,37,38,39)/b7-5-,11-10-,14-13-. The minimum absolute atomic E-state index is 0.0189. The first-order valence-electron chi connectivity index (χ1n) is 16.2. The van der Waals surface area contributed by atoms with Gasteiger partial charge < -0.3 is 34.3 Å². The van der Waals surface area contributed by atoms with Gasteiger partial charge in [-0.1, -0.05) is 82.4 Å². The Kier molecular flexibility index (Phi) is 23.3. The zero-order valence-corrected chi connectivity index (χ0v) is 27.7. The molecule has 1 heterocycles. The molecule has 1 fully saturated rings. The molecule has 0 radical (unpaired) electrons. The zero-order valence-electron chi connectivity index (χ0n) is 26.9. The fraction of sp³-hybridized carbons (Fsp3) is 0.781. The van der Waals surface area contributed by atoms with Crippen molar-refractivity contribution in [2.24, 2.45) is 0 Å². The van der Waals surface area contributed by atoms with Crippen molar-refractivity contribution in [1.29, 1.82) is 0 Å². The van der Waals surface area contributed by atoms with Crippen LogP contribution >= 0.6 is 0 Å². The van der Waals surface area contributed by atoms with Crippen molar-refractivity contribution < 1.29 is 56.2 Å². The molecule has 0 aliphatic carbocycles. The van der Waals surface area contributed by atoms with E-state index >= 15 is 0 Å². The highest BCUT2D eigenvalue weighted by molar-refractivity contribution is 7.80. The van der Waals surface area contributed by atoms with Gasteiger partial charge in [-0.05, 0) is 44.9 Å². The van der Waals surface area contributed by atoms with E-state index in [0.29, 0.717) is 13.0 Å². The van der Waals surface area contributed by atoms with Gasteiger partial charge in [-0.3, -0.25) is 9.35 Å². The lowest BCUT2D eigenvalue weighted by Gasteiger charge is -2.41.